The molecule has 1 fully saturated rings. The molecule has 3 rings (SSSR count). The zero-order chi connectivity index (χ0) is 16.9. The van der Waals surface area contributed by atoms with E-state index in [1.807, 2.05) is 18.7 Å². The lowest BCUT2D eigenvalue weighted by atomic mass is 9.98. The predicted molar refractivity (Wildman–Crippen MR) is 92.0 cm³/mol. The van der Waals surface area contributed by atoms with Gasteiger partial charge in [-0.3, -0.25) is 4.79 Å². The molecule has 0 aromatic carbocycles. The van der Waals surface area contributed by atoms with Gasteiger partial charge in [0.2, 0.25) is 11.8 Å². The summed E-state index contributed by atoms with van der Waals surface area (Å²) in [4.78, 5) is 23.3. The third kappa shape index (κ3) is 4.20. The van der Waals surface area contributed by atoms with E-state index >= 15 is 0 Å². The maximum absolute atomic E-state index is 12.5. The molecule has 130 valence electrons. The van der Waals surface area contributed by atoms with Crippen molar-refractivity contribution < 1.29 is 9.32 Å². The first-order chi connectivity index (χ1) is 11.7. The maximum Gasteiger partial charge on any atom is 0.226 e. The zero-order valence-electron chi connectivity index (χ0n) is 14.3. The highest BCUT2D eigenvalue weighted by Crippen LogP contribution is 2.29. The van der Waals surface area contributed by atoms with Gasteiger partial charge in [-0.05, 0) is 26.2 Å². The summed E-state index contributed by atoms with van der Waals surface area (Å²) >= 11 is 1.71. The molecule has 7 heteroatoms. The Morgan fingerprint density at radius 1 is 1.46 bits per heavy atom. The first-order valence-electron chi connectivity index (χ1n) is 8.67. The Morgan fingerprint density at radius 3 is 3.04 bits per heavy atom. The molecule has 1 aliphatic rings. The van der Waals surface area contributed by atoms with Crippen LogP contribution < -0.4 is 0 Å². The van der Waals surface area contributed by atoms with Gasteiger partial charge in [0.05, 0.1) is 5.01 Å². The van der Waals surface area contributed by atoms with Crippen LogP contribution in [0.25, 0.3) is 0 Å². The van der Waals surface area contributed by atoms with Crippen LogP contribution in [0.4, 0.5) is 0 Å². The van der Waals surface area contributed by atoms with Crippen molar-refractivity contribution in [2.75, 3.05) is 13.1 Å². The normalized spacial score (nSPS) is 18.1. The van der Waals surface area contributed by atoms with Gasteiger partial charge in [-0.15, -0.1) is 11.3 Å². The summed E-state index contributed by atoms with van der Waals surface area (Å²) < 4.78 is 5.17. The summed E-state index contributed by atoms with van der Waals surface area (Å²) in [7, 11) is 0. The van der Waals surface area contributed by atoms with Crippen molar-refractivity contribution in [2.24, 2.45) is 0 Å². The van der Waals surface area contributed by atoms with Gasteiger partial charge >= 0.3 is 0 Å². The maximum atomic E-state index is 12.5. The number of amides is 1. The molecule has 0 saturated carbocycles. The molecule has 24 heavy (non-hydrogen) atoms. The monoisotopic (exact) mass is 348 g/mol. The lowest BCUT2D eigenvalue weighted by Gasteiger charge is -2.32. The highest BCUT2D eigenvalue weighted by Gasteiger charge is 2.26. The summed E-state index contributed by atoms with van der Waals surface area (Å²) in [5.41, 5.74) is 1.07. The zero-order valence-corrected chi connectivity index (χ0v) is 15.1. The number of hydrogen-bond donors (Lipinski definition) is 0. The average molecular weight is 348 g/mol. The van der Waals surface area contributed by atoms with Gasteiger partial charge < -0.3 is 9.42 Å². The second-order valence-electron chi connectivity index (χ2n) is 6.32. The second kappa shape index (κ2) is 7.88. The van der Waals surface area contributed by atoms with E-state index in [4.69, 9.17) is 4.52 Å². The fraction of sp³-hybridized carbons (Fsp3) is 0.647. The summed E-state index contributed by atoms with van der Waals surface area (Å²) in [5, 5.41) is 7.14. The second-order valence-corrected chi connectivity index (χ2v) is 7.21. The highest BCUT2D eigenvalue weighted by molar-refractivity contribution is 7.09. The molecule has 0 N–H and O–H groups in total. The van der Waals surface area contributed by atoms with Crippen molar-refractivity contribution in [1.82, 2.24) is 20.0 Å². The number of carbonyl (C=O) groups is 1. The third-order valence-electron chi connectivity index (χ3n) is 4.37. The van der Waals surface area contributed by atoms with Gasteiger partial charge in [0.15, 0.2) is 5.82 Å². The van der Waals surface area contributed by atoms with Gasteiger partial charge in [0, 0.05) is 49.3 Å². The molecule has 1 atom stereocenters. The van der Waals surface area contributed by atoms with E-state index in [0.717, 1.165) is 50.3 Å². The van der Waals surface area contributed by atoms with Crippen LogP contribution in [0.5, 0.6) is 0 Å². The average Bonchev–Trinajstić information content (AvgIpc) is 3.24. The fourth-order valence-electron chi connectivity index (χ4n) is 3.05. The Hall–Kier alpha value is -1.76. The van der Waals surface area contributed by atoms with Crippen LogP contribution in [-0.2, 0) is 17.6 Å². The molecule has 0 unspecified atom stereocenters. The van der Waals surface area contributed by atoms with E-state index in [1.165, 1.54) is 5.01 Å². The minimum absolute atomic E-state index is 0.225. The Bertz CT molecular complexity index is 682. The van der Waals surface area contributed by atoms with E-state index in [9.17, 15) is 4.79 Å². The summed E-state index contributed by atoms with van der Waals surface area (Å²) in [6.45, 7) is 5.68. The molecule has 3 heterocycles. The Balaban J connectivity index is 1.47. The topological polar surface area (TPSA) is 72.1 Å². The highest BCUT2D eigenvalue weighted by atomic mass is 32.1. The number of hydrogen-bond acceptors (Lipinski definition) is 6. The molecule has 2 aromatic heterocycles. The van der Waals surface area contributed by atoms with Crippen molar-refractivity contribution in [3.05, 3.63) is 27.8 Å². The summed E-state index contributed by atoms with van der Waals surface area (Å²) in [5.74, 6) is 1.98. The van der Waals surface area contributed by atoms with Crippen LogP contribution in [0.3, 0.4) is 0 Å². The molecule has 1 amide bonds. The van der Waals surface area contributed by atoms with Gasteiger partial charge in [0.1, 0.15) is 0 Å². The quantitative estimate of drug-likeness (QED) is 0.802. The first-order valence-corrected chi connectivity index (χ1v) is 9.55. The molecular weight excluding hydrogens is 324 g/mol. The molecule has 1 aliphatic heterocycles. The molecule has 2 aromatic rings. The first kappa shape index (κ1) is 17.1. The number of piperidine rings is 1. The van der Waals surface area contributed by atoms with Crippen LogP contribution in [-0.4, -0.2) is 39.0 Å². The van der Waals surface area contributed by atoms with Crippen LogP contribution >= 0.6 is 11.3 Å². The largest absolute Gasteiger partial charge is 0.342 e. The Kier molecular flexibility index (Phi) is 5.60. The van der Waals surface area contributed by atoms with Crippen molar-refractivity contribution in [3.63, 3.8) is 0 Å². The SMILES string of the molecule is CCc1noc(CCCC(=O)N2CCC[C@H](c3nc(C)cs3)C2)n1. The third-order valence-corrected chi connectivity index (χ3v) is 5.49. The number of thiazole rings is 1. The van der Waals surface area contributed by atoms with Crippen LogP contribution in [0, 0.1) is 6.92 Å². The van der Waals surface area contributed by atoms with Gasteiger partial charge in [-0.2, -0.15) is 4.98 Å². The van der Waals surface area contributed by atoms with Crippen LogP contribution in [0.1, 0.15) is 60.9 Å². The number of aromatic nitrogens is 3. The smallest absolute Gasteiger partial charge is 0.226 e. The minimum Gasteiger partial charge on any atom is -0.342 e. The fourth-order valence-corrected chi connectivity index (χ4v) is 3.97. The molecule has 1 saturated heterocycles. The molecular formula is C17H24N4O2S. The van der Waals surface area contributed by atoms with E-state index in [1.54, 1.807) is 11.3 Å². The standard InChI is InChI=1S/C17H24N4O2S/c1-3-14-19-15(23-20-14)7-4-8-16(22)21-9-5-6-13(10-21)17-18-12(2)11-24-17/h11,13H,3-10H2,1-2H3/t13-/m0/s1. The van der Waals surface area contributed by atoms with Crippen molar-refractivity contribution in [3.8, 4) is 0 Å². The van der Waals surface area contributed by atoms with Gasteiger partial charge in [-0.25, -0.2) is 4.98 Å². The minimum atomic E-state index is 0.225. The molecule has 6 nitrogen and oxygen atoms in total. The van der Waals surface area contributed by atoms with Crippen molar-refractivity contribution >= 4 is 17.2 Å². The van der Waals surface area contributed by atoms with E-state index < -0.39 is 0 Å². The van der Waals surface area contributed by atoms with Crippen molar-refractivity contribution in [2.45, 2.75) is 58.3 Å². The summed E-state index contributed by atoms with van der Waals surface area (Å²) in [6, 6.07) is 0. The van der Waals surface area contributed by atoms with E-state index in [-0.39, 0.29) is 5.91 Å². The molecule has 0 radical (unpaired) electrons. The van der Waals surface area contributed by atoms with Crippen molar-refractivity contribution in [1.29, 1.82) is 0 Å². The Labute approximate surface area is 146 Å². The van der Waals surface area contributed by atoms with Crippen LogP contribution in [0.15, 0.2) is 9.90 Å². The van der Waals surface area contributed by atoms with Gasteiger partial charge in [-0.1, -0.05) is 12.1 Å². The number of carbonyl (C=O) groups excluding carboxylic acids is 1. The van der Waals surface area contributed by atoms with Gasteiger partial charge in [0.25, 0.3) is 0 Å². The number of likely N-dealkylation sites (tertiary alicyclic amines) is 1. The number of nitrogens with zero attached hydrogens (tertiary/aromatic N) is 4. The van der Waals surface area contributed by atoms with Crippen LogP contribution in [0.2, 0.25) is 0 Å². The summed E-state index contributed by atoms with van der Waals surface area (Å²) in [6.07, 6.45) is 4.90. The van der Waals surface area contributed by atoms with E-state index in [0.29, 0.717) is 24.7 Å². The number of aryl methyl sites for hydroxylation is 3. The molecule has 0 bridgehead atoms. The predicted octanol–water partition coefficient (Wildman–Crippen LogP) is 3.13. The lowest BCUT2D eigenvalue weighted by Crippen LogP contribution is -2.39. The lowest BCUT2D eigenvalue weighted by molar-refractivity contribution is -0.132. The number of rotatable bonds is 6. The molecule has 0 aliphatic carbocycles. The van der Waals surface area contributed by atoms with E-state index in [2.05, 4.69) is 20.5 Å². The molecule has 0 spiro atoms. The Morgan fingerprint density at radius 2 is 2.33 bits per heavy atom.